The first kappa shape index (κ1) is 13.1. The number of hydrogen-bond acceptors (Lipinski definition) is 3. The molecule has 1 aromatic carbocycles. The van der Waals surface area contributed by atoms with Crippen molar-refractivity contribution in [3.63, 3.8) is 0 Å². The van der Waals surface area contributed by atoms with Crippen LogP contribution in [0, 0.1) is 0 Å². The number of halogens is 2. The lowest BCUT2D eigenvalue weighted by atomic mass is 10.1. The Morgan fingerprint density at radius 3 is 2.69 bits per heavy atom. The van der Waals surface area contributed by atoms with Gasteiger partial charge in [-0.3, -0.25) is 10.2 Å². The molecule has 1 rings (SSSR count). The molecule has 4 nitrogen and oxygen atoms in total. The second-order valence-electron chi connectivity index (χ2n) is 3.05. The highest BCUT2D eigenvalue weighted by atomic mass is 35.5. The summed E-state index contributed by atoms with van der Waals surface area (Å²) in [4.78, 5) is 11.4. The van der Waals surface area contributed by atoms with Crippen LogP contribution in [0.1, 0.15) is 5.56 Å². The Kier molecular flexibility index (Phi) is 4.86. The quantitative estimate of drug-likeness (QED) is 0.814. The normalized spacial score (nSPS) is 10.0. The van der Waals surface area contributed by atoms with E-state index in [1.165, 1.54) is 7.11 Å². The van der Waals surface area contributed by atoms with E-state index in [9.17, 15) is 4.79 Å². The molecule has 0 fully saturated rings. The standard InChI is InChI=1S/C10H12Cl2N2O2/c1-13-14-9(15)4-6-3-7(11)5-8(12)10(6)16-2/h3,5,13H,4H2,1-2H3,(H,14,15). The first-order valence-electron chi connectivity index (χ1n) is 4.56. The Morgan fingerprint density at radius 1 is 1.44 bits per heavy atom. The number of carbonyl (C=O) groups is 1. The summed E-state index contributed by atoms with van der Waals surface area (Å²) in [6, 6.07) is 3.23. The summed E-state index contributed by atoms with van der Waals surface area (Å²) in [5.74, 6) is 0.274. The molecule has 0 heterocycles. The molecule has 16 heavy (non-hydrogen) atoms. The highest BCUT2D eigenvalue weighted by Gasteiger charge is 2.12. The van der Waals surface area contributed by atoms with Gasteiger partial charge >= 0.3 is 0 Å². The Bertz CT molecular complexity index is 397. The minimum atomic E-state index is -0.195. The predicted molar refractivity (Wildman–Crippen MR) is 63.9 cm³/mol. The van der Waals surface area contributed by atoms with Gasteiger partial charge in [0.05, 0.1) is 18.6 Å². The number of ether oxygens (including phenoxy) is 1. The van der Waals surface area contributed by atoms with E-state index >= 15 is 0 Å². The third kappa shape index (κ3) is 3.27. The summed E-state index contributed by atoms with van der Waals surface area (Å²) in [7, 11) is 3.11. The highest BCUT2D eigenvalue weighted by molar-refractivity contribution is 6.35. The van der Waals surface area contributed by atoms with Gasteiger partial charge in [-0.1, -0.05) is 23.2 Å². The molecule has 88 valence electrons. The van der Waals surface area contributed by atoms with Gasteiger partial charge in [0.2, 0.25) is 5.91 Å². The fraction of sp³-hybridized carbons (Fsp3) is 0.300. The zero-order valence-electron chi connectivity index (χ0n) is 8.93. The molecular formula is C10H12Cl2N2O2. The van der Waals surface area contributed by atoms with Crippen LogP contribution >= 0.6 is 23.2 Å². The molecule has 2 N–H and O–H groups in total. The van der Waals surface area contributed by atoms with Gasteiger partial charge < -0.3 is 4.74 Å². The predicted octanol–water partition coefficient (Wildman–Crippen LogP) is 1.80. The van der Waals surface area contributed by atoms with Crippen LogP contribution in [0.5, 0.6) is 5.75 Å². The van der Waals surface area contributed by atoms with E-state index in [1.54, 1.807) is 19.2 Å². The average Bonchev–Trinajstić information content (AvgIpc) is 2.17. The van der Waals surface area contributed by atoms with Crippen LogP contribution in [0.15, 0.2) is 12.1 Å². The Morgan fingerprint density at radius 2 is 2.12 bits per heavy atom. The molecule has 0 radical (unpaired) electrons. The van der Waals surface area contributed by atoms with Crippen LogP contribution in [-0.4, -0.2) is 20.1 Å². The van der Waals surface area contributed by atoms with Gasteiger partial charge in [-0.25, -0.2) is 5.43 Å². The second kappa shape index (κ2) is 5.94. The molecule has 0 bridgehead atoms. The zero-order chi connectivity index (χ0) is 12.1. The summed E-state index contributed by atoms with van der Waals surface area (Å²) < 4.78 is 5.12. The van der Waals surface area contributed by atoms with Crippen molar-refractivity contribution in [2.45, 2.75) is 6.42 Å². The van der Waals surface area contributed by atoms with Gasteiger partial charge in [0.1, 0.15) is 5.75 Å². The van der Waals surface area contributed by atoms with Crippen molar-refractivity contribution in [2.75, 3.05) is 14.2 Å². The lowest BCUT2D eigenvalue weighted by molar-refractivity contribution is -0.121. The van der Waals surface area contributed by atoms with Gasteiger partial charge in [0.25, 0.3) is 0 Å². The van der Waals surface area contributed by atoms with Gasteiger partial charge in [-0.15, -0.1) is 0 Å². The van der Waals surface area contributed by atoms with Crippen molar-refractivity contribution in [1.82, 2.24) is 10.9 Å². The molecule has 0 saturated carbocycles. The molecule has 6 heteroatoms. The van der Waals surface area contributed by atoms with E-state index in [2.05, 4.69) is 10.9 Å². The third-order valence-electron chi connectivity index (χ3n) is 1.90. The molecule has 1 amide bonds. The zero-order valence-corrected chi connectivity index (χ0v) is 10.4. The lowest BCUT2D eigenvalue weighted by Crippen LogP contribution is -2.35. The molecule has 0 saturated heterocycles. The van der Waals surface area contributed by atoms with Gasteiger partial charge in [0.15, 0.2) is 0 Å². The fourth-order valence-electron chi connectivity index (χ4n) is 1.33. The van der Waals surface area contributed by atoms with Crippen molar-refractivity contribution >= 4 is 29.1 Å². The van der Waals surface area contributed by atoms with Crippen molar-refractivity contribution in [2.24, 2.45) is 0 Å². The first-order chi connectivity index (χ1) is 7.58. The number of amides is 1. The number of hydrogen-bond donors (Lipinski definition) is 2. The maximum atomic E-state index is 11.4. The summed E-state index contributed by atoms with van der Waals surface area (Å²) >= 11 is 11.8. The Hall–Kier alpha value is -0.970. The van der Waals surface area contributed by atoms with E-state index < -0.39 is 0 Å². The van der Waals surface area contributed by atoms with Crippen LogP contribution in [0.3, 0.4) is 0 Å². The van der Waals surface area contributed by atoms with Crippen LogP contribution < -0.4 is 15.6 Å². The van der Waals surface area contributed by atoms with Crippen LogP contribution in [0.4, 0.5) is 0 Å². The van der Waals surface area contributed by atoms with E-state index in [-0.39, 0.29) is 12.3 Å². The van der Waals surface area contributed by atoms with E-state index in [0.29, 0.717) is 21.4 Å². The largest absolute Gasteiger partial charge is 0.495 e. The number of methoxy groups -OCH3 is 1. The molecule has 0 spiro atoms. The number of benzene rings is 1. The number of carbonyl (C=O) groups excluding carboxylic acids is 1. The third-order valence-corrected chi connectivity index (χ3v) is 2.40. The SMILES string of the molecule is CNNC(=O)Cc1cc(Cl)cc(Cl)c1OC. The molecule has 0 aliphatic rings. The first-order valence-corrected chi connectivity index (χ1v) is 5.31. The molecule has 0 atom stereocenters. The summed E-state index contributed by atoms with van der Waals surface area (Å²) in [6.45, 7) is 0. The minimum absolute atomic E-state index is 0.143. The fourth-order valence-corrected chi connectivity index (χ4v) is 1.94. The second-order valence-corrected chi connectivity index (χ2v) is 3.90. The van der Waals surface area contributed by atoms with Crippen LogP contribution in [0.25, 0.3) is 0 Å². The topological polar surface area (TPSA) is 50.4 Å². The number of hydrazine groups is 1. The number of rotatable bonds is 4. The van der Waals surface area contributed by atoms with Gasteiger partial charge in [-0.05, 0) is 12.1 Å². The molecule has 0 aliphatic heterocycles. The molecule has 1 aromatic rings. The van der Waals surface area contributed by atoms with Gasteiger partial charge in [0, 0.05) is 17.6 Å². The van der Waals surface area contributed by atoms with Crippen molar-refractivity contribution in [3.8, 4) is 5.75 Å². The number of nitrogens with one attached hydrogen (secondary N) is 2. The lowest BCUT2D eigenvalue weighted by Gasteiger charge is -2.10. The van der Waals surface area contributed by atoms with Crippen LogP contribution in [-0.2, 0) is 11.2 Å². The van der Waals surface area contributed by atoms with Gasteiger partial charge in [-0.2, -0.15) is 0 Å². The van der Waals surface area contributed by atoms with E-state index in [0.717, 1.165) is 0 Å². The monoisotopic (exact) mass is 262 g/mol. The van der Waals surface area contributed by atoms with Crippen molar-refractivity contribution in [1.29, 1.82) is 0 Å². The summed E-state index contributed by atoms with van der Waals surface area (Å²) in [6.07, 6.45) is 0.143. The van der Waals surface area contributed by atoms with Crippen LogP contribution in [0.2, 0.25) is 10.0 Å². The van der Waals surface area contributed by atoms with E-state index in [1.807, 2.05) is 0 Å². The highest BCUT2D eigenvalue weighted by Crippen LogP contribution is 2.32. The smallest absolute Gasteiger partial charge is 0.238 e. The maximum Gasteiger partial charge on any atom is 0.238 e. The molecule has 0 aliphatic carbocycles. The summed E-state index contributed by atoms with van der Waals surface area (Å²) in [5, 5.41) is 0.861. The summed E-state index contributed by atoms with van der Waals surface area (Å²) in [5.41, 5.74) is 5.65. The maximum absolute atomic E-state index is 11.4. The Balaban J connectivity index is 2.97. The van der Waals surface area contributed by atoms with Crippen molar-refractivity contribution in [3.05, 3.63) is 27.7 Å². The molecule has 0 aromatic heterocycles. The Labute approximate surface area is 104 Å². The minimum Gasteiger partial charge on any atom is -0.495 e. The van der Waals surface area contributed by atoms with Crippen molar-refractivity contribution < 1.29 is 9.53 Å². The molecule has 0 unspecified atom stereocenters. The average molecular weight is 263 g/mol. The van der Waals surface area contributed by atoms with E-state index in [4.69, 9.17) is 27.9 Å². The molecular weight excluding hydrogens is 251 g/mol.